The molecule has 4 aromatic rings. The summed E-state index contributed by atoms with van der Waals surface area (Å²) < 4.78 is 14.3. The van der Waals surface area contributed by atoms with Crippen molar-refractivity contribution in [1.29, 1.82) is 0 Å². The van der Waals surface area contributed by atoms with Gasteiger partial charge in [0.15, 0.2) is 0 Å². The van der Waals surface area contributed by atoms with E-state index < -0.39 is 22.9 Å². The zero-order valence-corrected chi connectivity index (χ0v) is 23.7. The lowest BCUT2D eigenvalue weighted by Crippen LogP contribution is -2.48. The van der Waals surface area contributed by atoms with Gasteiger partial charge in [-0.2, -0.15) is 5.10 Å². The lowest BCUT2D eigenvalue weighted by Gasteiger charge is -2.34. The summed E-state index contributed by atoms with van der Waals surface area (Å²) in [6.07, 6.45) is 4.12. The van der Waals surface area contributed by atoms with E-state index in [1.807, 2.05) is 26.8 Å². The van der Waals surface area contributed by atoms with Gasteiger partial charge in [-0.15, -0.1) is 0 Å². The summed E-state index contributed by atoms with van der Waals surface area (Å²) in [5, 5.41) is 5.17. The molecule has 1 atom stereocenters. The molecule has 3 aromatic heterocycles. The third-order valence-corrected chi connectivity index (χ3v) is 6.94. The highest BCUT2D eigenvalue weighted by atomic mass is 35.5. The lowest BCUT2D eigenvalue weighted by atomic mass is 9.97. The minimum atomic E-state index is -0.603. The second-order valence-electron chi connectivity index (χ2n) is 10.5. The predicted molar refractivity (Wildman–Crippen MR) is 150 cm³/mol. The standard InChI is InChI=1S/C27H28Cl2N6O5/c1-27(2,3)40-26(38)33-6-7-39-18(14-33)11-19-20(9-17(28)10-21(19)29)24-22-8-16(13-35(22)32-15-31-24)12-34-23(36)4-5-30-25(34)37/h4-5,8-10,13,15,18H,6-7,11-12,14H2,1-3H3,(H,30,37). The first kappa shape index (κ1) is 27.9. The minimum absolute atomic E-state index is 0.0530. The summed E-state index contributed by atoms with van der Waals surface area (Å²) in [4.78, 5) is 45.8. The van der Waals surface area contributed by atoms with Crippen LogP contribution >= 0.6 is 23.2 Å². The van der Waals surface area contributed by atoms with Crippen molar-refractivity contribution in [2.24, 2.45) is 0 Å². The minimum Gasteiger partial charge on any atom is -0.444 e. The first-order valence-corrected chi connectivity index (χ1v) is 13.4. The molecular formula is C27H28Cl2N6O5. The smallest absolute Gasteiger partial charge is 0.410 e. The number of carbonyl (C=O) groups is 1. The van der Waals surface area contributed by atoms with Crippen LogP contribution in [-0.4, -0.2) is 66.5 Å². The monoisotopic (exact) mass is 586 g/mol. The summed E-state index contributed by atoms with van der Waals surface area (Å²) in [6, 6.07) is 6.54. The molecule has 1 unspecified atom stereocenters. The lowest BCUT2D eigenvalue weighted by molar-refractivity contribution is -0.0414. The van der Waals surface area contributed by atoms with Crippen molar-refractivity contribution in [3.63, 3.8) is 0 Å². The first-order chi connectivity index (χ1) is 19.0. The number of amides is 1. The fraction of sp³-hybridized carbons (Fsp3) is 0.370. The van der Waals surface area contributed by atoms with Crippen molar-refractivity contribution >= 4 is 34.8 Å². The van der Waals surface area contributed by atoms with E-state index in [2.05, 4.69) is 15.1 Å². The number of ether oxygens (including phenoxy) is 2. The van der Waals surface area contributed by atoms with Crippen molar-refractivity contribution in [2.75, 3.05) is 19.7 Å². The molecule has 0 radical (unpaired) electrons. The van der Waals surface area contributed by atoms with Crippen LogP contribution in [0, 0.1) is 0 Å². The van der Waals surface area contributed by atoms with Gasteiger partial charge in [0.1, 0.15) is 11.9 Å². The van der Waals surface area contributed by atoms with E-state index in [4.69, 9.17) is 32.7 Å². The zero-order chi connectivity index (χ0) is 28.6. The molecule has 210 valence electrons. The molecule has 1 fully saturated rings. The number of benzene rings is 1. The summed E-state index contributed by atoms with van der Waals surface area (Å²) in [5.41, 5.74) is 1.79. The van der Waals surface area contributed by atoms with Crippen LogP contribution in [0.1, 0.15) is 31.9 Å². The van der Waals surface area contributed by atoms with Gasteiger partial charge in [-0.05, 0) is 50.1 Å². The number of nitrogens with zero attached hydrogens (tertiary/aromatic N) is 5. The number of H-pyrrole nitrogens is 1. The second-order valence-corrected chi connectivity index (χ2v) is 11.4. The zero-order valence-electron chi connectivity index (χ0n) is 22.2. The SMILES string of the molecule is CC(C)(C)OC(=O)N1CCOC(Cc2c(Cl)cc(Cl)cc2-c2ncnn3cc(Cn4c(=O)cc[nH]c4=O)cc23)C1. The molecule has 0 saturated carbocycles. The van der Waals surface area contributed by atoms with Gasteiger partial charge in [0.2, 0.25) is 0 Å². The third-order valence-electron chi connectivity index (χ3n) is 6.38. The molecule has 4 heterocycles. The van der Waals surface area contributed by atoms with E-state index in [0.29, 0.717) is 58.5 Å². The van der Waals surface area contributed by atoms with Crippen LogP contribution in [-0.2, 0) is 22.4 Å². The van der Waals surface area contributed by atoms with Crippen LogP contribution in [0.2, 0.25) is 10.0 Å². The molecular weight excluding hydrogens is 559 g/mol. The molecule has 40 heavy (non-hydrogen) atoms. The Morgan fingerprint density at radius 3 is 2.77 bits per heavy atom. The Bertz CT molecular complexity index is 1660. The maximum atomic E-state index is 12.7. The molecule has 1 aliphatic rings. The Labute approximate surface area is 239 Å². The molecule has 11 nitrogen and oxygen atoms in total. The van der Waals surface area contributed by atoms with Gasteiger partial charge in [-0.3, -0.25) is 9.36 Å². The number of rotatable bonds is 5. The van der Waals surface area contributed by atoms with Crippen molar-refractivity contribution in [3.8, 4) is 11.3 Å². The van der Waals surface area contributed by atoms with Crippen molar-refractivity contribution < 1.29 is 14.3 Å². The molecule has 0 spiro atoms. The van der Waals surface area contributed by atoms with Crippen molar-refractivity contribution in [3.05, 3.63) is 85.0 Å². The van der Waals surface area contributed by atoms with Gasteiger partial charge in [-0.25, -0.2) is 19.1 Å². The maximum Gasteiger partial charge on any atom is 0.410 e. The third kappa shape index (κ3) is 6.06. The maximum absolute atomic E-state index is 12.7. The second kappa shape index (κ2) is 11.1. The summed E-state index contributed by atoms with van der Waals surface area (Å²) in [6.45, 7) is 6.66. The van der Waals surface area contributed by atoms with Gasteiger partial charge < -0.3 is 19.4 Å². The topological polar surface area (TPSA) is 124 Å². The number of halogens is 2. The molecule has 13 heteroatoms. The predicted octanol–water partition coefficient (Wildman–Crippen LogP) is 3.78. The molecule has 0 bridgehead atoms. The highest BCUT2D eigenvalue weighted by Gasteiger charge is 2.29. The Morgan fingerprint density at radius 2 is 2.02 bits per heavy atom. The van der Waals surface area contributed by atoms with Gasteiger partial charge in [0.25, 0.3) is 5.56 Å². The molecule has 1 aliphatic heterocycles. The van der Waals surface area contributed by atoms with Gasteiger partial charge in [0.05, 0.1) is 37.0 Å². The molecule has 5 rings (SSSR count). The number of fused-ring (bicyclic) bond motifs is 1. The van der Waals surface area contributed by atoms with Crippen molar-refractivity contribution in [1.82, 2.24) is 29.0 Å². The van der Waals surface area contributed by atoms with Crippen LogP contribution in [0.25, 0.3) is 16.8 Å². The van der Waals surface area contributed by atoms with Crippen LogP contribution in [0.15, 0.2) is 52.6 Å². The Morgan fingerprint density at radius 1 is 1.23 bits per heavy atom. The highest BCUT2D eigenvalue weighted by Crippen LogP contribution is 2.35. The van der Waals surface area contributed by atoms with Crippen LogP contribution < -0.4 is 11.2 Å². The summed E-state index contributed by atoms with van der Waals surface area (Å²) >= 11 is 13.1. The molecule has 0 aliphatic carbocycles. The van der Waals surface area contributed by atoms with Gasteiger partial charge in [-0.1, -0.05) is 23.2 Å². The number of hydrogen-bond donors (Lipinski definition) is 1. The number of hydrogen-bond acceptors (Lipinski definition) is 7. The van der Waals surface area contributed by atoms with E-state index in [9.17, 15) is 14.4 Å². The number of carbonyl (C=O) groups excluding carboxylic acids is 1. The van der Waals surface area contributed by atoms with E-state index >= 15 is 0 Å². The fourth-order valence-electron chi connectivity index (χ4n) is 4.65. The van der Waals surface area contributed by atoms with E-state index in [-0.39, 0.29) is 12.6 Å². The summed E-state index contributed by atoms with van der Waals surface area (Å²) in [5.74, 6) is 0. The number of nitrogens with one attached hydrogen (secondary N) is 1. The highest BCUT2D eigenvalue weighted by molar-refractivity contribution is 6.35. The van der Waals surface area contributed by atoms with Crippen LogP contribution in [0.3, 0.4) is 0 Å². The summed E-state index contributed by atoms with van der Waals surface area (Å²) in [7, 11) is 0. The van der Waals surface area contributed by atoms with Crippen LogP contribution in [0.4, 0.5) is 4.79 Å². The number of aromatic nitrogens is 5. The molecule has 1 aromatic carbocycles. The fourth-order valence-corrected chi connectivity index (χ4v) is 5.22. The van der Waals surface area contributed by atoms with E-state index in [0.717, 1.165) is 10.1 Å². The van der Waals surface area contributed by atoms with E-state index in [1.54, 1.807) is 27.7 Å². The normalized spacial score (nSPS) is 15.9. The average Bonchev–Trinajstić information content (AvgIpc) is 3.30. The quantitative estimate of drug-likeness (QED) is 0.377. The largest absolute Gasteiger partial charge is 0.444 e. The van der Waals surface area contributed by atoms with E-state index in [1.165, 1.54) is 18.6 Å². The molecule has 1 saturated heterocycles. The van der Waals surface area contributed by atoms with Crippen molar-refractivity contribution in [2.45, 2.75) is 45.4 Å². The molecule has 1 N–H and O–H groups in total. The molecule has 1 amide bonds. The number of aromatic amines is 1. The Kier molecular flexibility index (Phi) is 7.72. The Hall–Kier alpha value is -3.67. The van der Waals surface area contributed by atoms with Crippen LogP contribution in [0.5, 0.6) is 0 Å². The Balaban J connectivity index is 1.48. The first-order valence-electron chi connectivity index (χ1n) is 12.7. The van der Waals surface area contributed by atoms with Gasteiger partial charge in [0, 0.05) is 47.0 Å². The van der Waals surface area contributed by atoms with Gasteiger partial charge >= 0.3 is 11.8 Å². The average molecular weight is 587 g/mol. The number of morpholine rings is 1.